The lowest BCUT2D eigenvalue weighted by Crippen LogP contribution is -2.44. The van der Waals surface area contributed by atoms with Crippen molar-refractivity contribution in [3.63, 3.8) is 0 Å². The second-order valence-electron chi connectivity index (χ2n) is 5.35. The fourth-order valence-electron chi connectivity index (χ4n) is 2.49. The van der Waals surface area contributed by atoms with Gasteiger partial charge in [0.15, 0.2) is 0 Å². The molecule has 3 heteroatoms. The zero-order valence-electron chi connectivity index (χ0n) is 11.5. The predicted octanol–water partition coefficient (Wildman–Crippen LogP) is 2.59. The fraction of sp³-hybridized carbons (Fsp3) is 1.00. The second kappa shape index (κ2) is 6.87. The van der Waals surface area contributed by atoms with E-state index in [1.54, 1.807) is 0 Å². The summed E-state index contributed by atoms with van der Waals surface area (Å²) >= 11 is 2.10. The zero-order valence-corrected chi connectivity index (χ0v) is 12.3. The van der Waals surface area contributed by atoms with Crippen molar-refractivity contribution in [3.8, 4) is 0 Å². The number of thioether (sulfide) groups is 1. The van der Waals surface area contributed by atoms with Gasteiger partial charge in [-0.2, -0.15) is 11.8 Å². The molecule has 96 valence electrons. The number of rotatable bonds is 6. The Balaban J connectivity index is 2.22. The van der Waals surface area contributed by atoms with Crippen LogP contribution in [0.5, 0.6) is 0 Å². The monoisotopic (exact) mass is 244 g/mol. The maximum Gasteiger partial charge on any atom is 0.0192 e. The Kier molecular flexibility index (Phi) is 6.16. The summed E-state index contributed by atoms with van der Waals surface area (Å²) in [6.45, 7) is 13.8. The van der Waals surface area contributed by atoms with Gasteiger partial charge in [-0.15, -0.1) is 0 Å². The van der Waals surface area contributed by atoms with Gasteiger partial charge in [0.1, 0.15) is 0 Å². The Morgan fingerprint density at radius 3 is 2.31 bits per heavy atom. The molecule has 1 heterocycles. The molecule has 1 saturated heterocycles. The lowest BCUT2D eigenvalue weighted by Gasteiger charge is -2.31. The quantitative estimate of drug-likeness (QED) is 0.773. The van der Waals surface area contributed by atoms with E-state index in [2.05, 4.69) is 56.6 Å². The van der Waals surface area contributed by atoms with Crippen molar-refractivity contribution in [3.05, 3.63) is 0 Å². The molecule has 0 aromatic rings. The molecular weight excluding hydrogens is 216 g/mol. The van der Waals surface area contributed by atoms with Crippen molar-refractivity contribution in [2.45, 2.75) is 64.4 Å². The number of nitrogens with zero attached hydrogens (tertiary/aromatic N) is 1. The highest BCUT2D eigenvalue weighted by atomic mass is 32.2. The summed E-state index contributed by atoms with van der Waals surface area (Å²) in [7, 11) is 0. The summed E-state index contributed by atoms with van der Waals surface area (Å²) in [6, 6.07) is 2.04. The molecule has 2 unspecified atom stereocenters. The Bertz CT molecular complexity index is 186. The molecule has 0 radical (unpaired) electrons. The Morgan fingerprint density at radius 1 is 1.25 bits per heavy atom. The third-order valence-electron chi connectivity index (χ3n) is 3.48. The van der Waals surface area contributed by atoms with Gasteiger partial charge in [0, 0.05) is 36.5 Å². The molecule has 0 aromatic heterocycles. The molecule has 0 saturated carbocycles. The number of nitrogens with one attached hydrogen (secondary N) is 1. The number of hydrogen-bond donors (Lipinski definition) is 1. The molecule has 2 nitrogen and oxygen atoms in total. The van der Waals surface area contributed by atoms with Crippen LogP contribution in [0, 0.1) is 0 Å². The molecule has 0 aromatic carbocycles. The molecular formula is C13H28N2S. The minimum atomic E-state index is 0.650. The van der Waals surface area contributed by atoms with Crippen LogP contribution in [0.1, 0.15) is 41.0 Å². The second-order valence-corrected chi connectivity index (χ2v) is 6.84. The minimum absolute atomic E-state index is 0.650. The van der Waals surface area contributed by atoms with Gasteiger partial charge in [-0.25, -0.2) is 0 Å². The van der Waals surface area contributed by atoms with E-state index in [1.165, 1.54) is 18.7 Å². The lowest BCUT2D eigenvalue weighted by molar-refractivity contribution is 0.174. The summed E-state index contributed by atoms with van der Waals surface area (Å²) in [5, 5.41) is 4.51. The Morgan fingerprint density at radius 2 is 1.88 bits per heavy atom. The number of hydrogen-bond acceptors (Lipinski definition) is 3. The van der Waals surface area contributed by atoms with Gasteiger partial charge in [0.25, 0.3) is 0 Å². The molecule has 2 atom stereocenters. The van der Waals surface area contributed by atoms with Crippen molar-refractivity contribution < 1.29 is 0 Å². The summed E-state index contributed by atoms with van der Waals surface area (Å²) in [5.74, 6) is 1.33. The zero-order chi connectivity index (χ0) is 12.1. The summed E-state index contributed by atoms with van der Waals surface area (Å²) in [5.41, 5.74) is 0. The molecule has 1 N–H and O–H groups in total. The highest BCUT2D eigenvalue weighted by molar-refractivity contribution is 8.00. The maximum atomic E-state index is 3.71. The van der Waals surface area contributed by atoms with E-state index in [0.29, 0.717) is 12.1 Å². The average Bonchev–Trinajstić information content (AvgIpc) is 2.57. The van der Waals surface area contributed by atoms with Gasteiger partial charge in [0.2, 0.25) is 0 Å². The highest BCUT2D eigenvalue weighted by Gasteiger charge is 2.23. The van der Waals surface area contributed by atoms with Gasteiger partial charge < -0.3 is 5.32 Å². The van der Waals surface area contributed by atoms with E-state index in [0.717, 1.165) is 17.8 Å². The van der Waals surface area contributed by atoms with E-state index in [4.69, 9.17) is 0 Å². The highest BCUT2D eigenvalue weighted by Crippen LogP contribution is 2.25. The first-order valence-electron chi connectivity index (χ1n) is 6.63. The van der Waals surface area contributed by atoms with Crippen LogP contribution in [0.3, 0.4) is 0 Å². The topological polar surface area (TPSA) is 15.3 Å². The molecule has 0 aliphatic carbocycles. The van der Waals surface area contributed by atoms with Crippen LogP contribution in [0.25, 0.3) is 0 Å². The molecule has 0 amide bonds. The molecule has 16 heavy (non-hydrogen) atoms. The smallest absolute Gasteiger partial charge is 0.0192 e. The van der Waals surface area contributed by atoms with Crippen LogP contribution in [0.15, 0.2) is 0 Å². The molecule has 1 aliphatic rings. The van der Waals surface area contributed by atoms with Crippen molar-refractivity contribution in [2.75, 3.05) is 18.8 Å². The largest absolute Gasteiger partial charge is 0.312 e. The SMILES string of the molecule is CC1SCCC1NCCN(C(C)C)C(C)C. The Hall–Kier alpha value is 0.270. The van der Waals surface area contributed by atoms with E-state index in [1.807, 2.05) is 0 Å². The van der Waals surface area contributed by atoms with Crippen LogP contribution >= 0.6 is 11.8 Å². The van der Waals surface area contributed by atoms with E-state index < -0.39 is 0 Å². The van der Waals surface area contributed by atoms with Crippen LogP contribution in [0.4, 0.5) is 0 Å². The lowest BCUT2D eigenvalue weighted by atomic mass is 10.1. The van der Waals surface area contributed by atoms with Crippen LogP contribution in [-0.2, 0) is 0 Å². The van der Waals surface area contributed by atoms with E-state index >= 15 is 0 Å². The van der Waals surface area contributed by atoms with Crippen molar-refractivity contribution >= 4 is 11.8 Å². The third-order valence-corrected chi connectivity index (χ3v) is 4.81. The molecule has 1 aliphatic heterocycles. The summed E-state index contributed by atoms with van der Waals surface area (Å²) in [4.78, 5) is 2.56. The van der Waals surface area contributed by atoms with Gasteiger partial charge >= 0.3 is 0 Å². The maximum absolute atomic E-state index is 3.71. The van der Waals surface area contributed by atoms with Gasteiger partial charge in [-0.05, 0) is 39.9 Å². The third kappa shape index (κ3) is 4.27. The molecule has 0 spiro atoms. The molecule has 0 bridgehead atoms. The molecule has 1 fully saturated rings. The van der Waals surface area contributed by atoms with Gasteiger partial charge in [0.05, 0.1) is 0 Å². The van der Waals surface area contributed by atoms with E-state index in [9.17, 15) is 0 Å². The van der Waals surface area contributed by atoms with Crippen LogP contribution < -0.4 is 5.32 Å². The normalized spacial score (nSPS) is 26.2. The van der Waals surface area contributed by atoms with Gasteiger partial charge in [-0.3, -0.25) is 4.90 Å². The summed E-state index contributed by atoms with van der Waals surface area (Å²) < 4.78 is 0. The van der Waals surface area contributed by atoms with Crippen molar-refractivity contribution in [1.82, 2.24) is 10.2 Å². The average molecular weight is 244 g/mol. The van der Waals surface area contributed by atoms with Crippen LogP contribution in [0.2, 0.25) is 0 Å². The Labute approximate surface area is 106 Å². The first-order chi connectivity index (χ1) is 7.52. The van der Waals surface area contributed by atoms with Crippen LogP contribution in [-0.4, -0.2) is 47.1 Å². The first-order valence-corrected chi connectivity index (χ1v) is 7.68. The van der Waals surface area contributed by atoms with Crippen molar-refractivity contribution in [1.29, 1.82) is 0 Å². The van der Waals surface area contributed by atoms with Crippen molar-refractivity contribution in [2.24, 2.45) is 0 Å². The molecule has 1 rings (SSSR count). The van der Waals surface area contributed by atoms with E-state index in [-0.39, 0.29) is 0 Å². The summed E-state index contributed by atoms with van der Waals surface area (Å²) in [6.07, 6.45) is 1.34. The standard InChI is InChI=1S/C13H28N2S/c1-10(2)15(11(3)4)8-7-14-13-6-9-16-12(13)5/h10-14H,6-9H2,1-5H3. The predicted molar refractivity (Wildman–Crippen MR) is 75.3 cm³/mol. The first kappa shape index (κ1) is 14.3. The minimum Gasteiger partial charge on any atom is -0.312 e. The fourth-order valence-corrected chi connectivity index (χ4v) is 3.72. The van der Waals surface area contributed by atoms with Gasteiger partial charge in [-0.1, -0.05) is 6.92 Å².